The van der Waals surface area contributed by atoms with Gasteiger partial charge in [-0.15, -0.1) is 0 Å². The van der Waals surface area contributed by atoms with Gasteiger partial charge in [-0.25, -0.2) is 9.37 Å². The van der Waals surface area contributed by atoms with Crippen LogP contribution in [0.3, 0.4) is 0 Å². The second-order valence-corrected chi connectivity index (χ2v) is 5.27. The van der Waals surface area contributed by atoms with Gasteiger partial charge in [0.15, 0.2) is 11.6 Å². The Balaban J connectivity index is 1.66. The van der Waals surface area contributed by atoms with Crippen molar-refractivity contribution in [3.05, 3.63) is 22.6 Å². The van der Waals surface area contributed by atoms with E-state index in [4.69, 9.17) is 0 Å². The number of rotatable bonds is 6. The summed E-state index contributed by atoms with van der Waals surface area (Å²) in [4.78, 5) is 15.3. The van der Waals surface area contributed by atoms with Crippen molar-refractivity contribution in [2.75, 3.05) is 11.9 Å². The van der Waals surface area contributed by atoms with Gasteiger partial charge in [-0.1, -0.05) is 0 Å². The highest BCUT2D eigenvalue weighted by Gasteiger charge is 2.22. The van der Waals surface area contributed by atoms with Crippen molar-refractivity contribution in [1.29, 1.82) is 0 Å². The largest absolute Gasteiger partial charge is 0.368 e. The molecule has 0 atom stereocenters. The van der Waals surface area contributed by atoms with Crippen LogP contribution in [0.25, 0.3) is 0 Å². The van der Waals surface area contributed by atoms with Gasteiger partial charge in [0.2, 0.25) is 5.91 Å². The molecule has 1 amide bonds. The molecule has 1 heterocycles. The molecule has 1 aliphatic carbocycles. The first-order valence-corrected chi connectivity index (χ1v) is 6.79. The first-order valence-electron chi connectivity index (χ1n) is 5.99. The summed E-state index contributed by atoms with van der Waals surface area (Å²) in [6, 6.07) is 1.76. The maximum Gasteiger partial charge on any atom is 0.220 e. The molecule has 6 heteroatoms. The molecule has 1 aromatic rings. The predicted octanol–water partition coefficient (Wildman–Crippen LogP) is 2.45. The first-order chi connectivity index (χ1) is 8.65. The monoisotopic (exact) mass is 315 g/mol. The van der Waals surface area contributed by atoms with Crippen LogP contribution in [0.1, 0.15) is 25.7 Å². The summed E-state index contributed by atoms with van der Waals surface area (Å²) in [5.41, 5.74) is 0. The first kappa shape index (κ1) is 13.3. The summed E-state index contributed by atoms with van der Waals surface area (Å²) in [5.74, 6) is -0.101. The minimum atomic E-state index is -0.396. The van der Waals surface area contributed by atoms with Crippen molar-refractivity contribution in [3.63, 3.8) is 0 Å². The molecule has 2 rings (SSSR count). The zero-order valence-electron chi connectivity index (χ0n) is 9.88. The van der Waals surface area contributed by atoms with Gasteiger partial charge in [0.05, 0.1) is 0 Å². The number of hydrogen-bond acceptors (Lipinski definition) is 3. The van der Waals surface area contributed by atoms with Crippen molar-refractivity contribution in [2.24, 2.45) is 0 Å². The standard InChI is InChI=1S/C12H15BrFN3O/c13-8-6-10(14)12(16-7-8)15-5-1-2-11(18)17-9-3-4-9/h6-7,9H,1-5H2,(H,15,16)(H,17,18). The molecule has 98 valence electrons. The number of nitrogens with one attached hydrogen (secondary N) is 2. The van der Waals surface area contributed by atoms with E-state index in [0.717, 1.165) is 12.8 Å². The molecule has 1 fully saturated rings. The Morgan fingerprint density at radius 1 is 1.56 bits per heavy atom. The molecule has 0 saturated heterocycles. The number of hydrogen-bond donors (Lipinski definition) is 2. The summed E-state index contributed by atoms with van der Waals surface area (Å²) in [5, 5.41) is 5.79. The molecule has 2 N–H and O–H groups in total. The molecule has 1 aromatic heterocycles. The Bertz CT molecular complexity index is 437. The molecule has 0 unspecified atom stereocenters. The van der Waals surface area contributed by atoms with Crippen LogP contribution in [0, 0.1) is 5.82 Å². The highest BCUT2D eigenvalue weighted by atomic mass is 79.9. The number of aromatic nitrogens is 1. The Hall–Kier alpha value is -1.17. The molecule has 18 heavy (non-hydrogen) atoms. The molecule has 1 saturated carbocycles. The fraction of sp³-hybridized carbons (Fsp3) is 0.500. The number of amides is 1. The lowest BCUT2D eigenvalue weighted by atomic mass is 10.3. The predicted molar refractivity (Wildman–Crippen MR) is 70.8 cm³/mol. The number of halogens is 2. The van der Waals surface area contributed by atoms with Gasteiger partial charge in [0.1, 0.15) is 0 Å². The lowest BCUT2D eigenvalue weighted by molar-refractivity contribution is -0.121. The molecule has 0 spiro atoms. The van der Waals surface area contributed by atoms with E-state index in [2.05, 4.69) is 31.5 Å². The summed E-state index contributed by atoms with van der Waals surface area (Å²) in [7, 11) is 0. The van der Waals surface area contributed by atoms with Crippen LogP contribution in [-0.2, 0) is 4.79 Å². The average molecular weight is 316 g/mol. The van der Waals surface area contributed by atoms with Crippen molar-refractivity contribution in [1.82, 2.24) is 10.3 Å². The third-order valence-corrected chi connectivity index (χ3v) is 3.06. The van der Waals surface area contributed by atoms with Crippen LogP contribution in [0.5, 0.6) is 0 Å². The van der Waals surface area contributed by atoms with E-state index in [0.29, 0.717) is 29.9 Å². The highest BCUT2D eigenvalue weighted by molar-refractivity contribution is 9.10. The molecule has 0 bridgehead atoms. The second-order valence-electron chi connectivity index (χ2n) is 4.36. The van der Waals surface area contributed by atoms with Crippen LogP contribution in [0.4, 0.5) is 10.2 Å². The van der Waals surface area contributed by atoms with E-state index in [9.17, 15) is 9.18 Å². The zero-order valence-corrected chi connectivity index (χ0v) is 11.5. The maximum absolute atomic E-state index is 13.4. The average Bonchev–Trinajstić information content (AvgIpc) is 3.10. The second kappa shape index (κ2) is 6.13. The van der Waals surface area contributed by atoms with Crippen molar-refractivity contribution in [3.8, 4) is 0 Å². The Morgan fingerprint density at radius 2 is 2.33 bits per heavy atom. The Morgan fingerprint density at radius 3 is 3.00 bits per heavy atom. The summed E-state index contributed by atoms with van der Waals surface area (Å²) in [6.07, 6.45) is 4.85. The van der Waals surface area contributed by atoms with Gasteiger partial charge in [-0.3, -0.25) is 4.79 Å². The number of carbonyl (C=O) groups excluding carboxylic acids is 1. The van der Waals surface area contributed by atoms with Crippen molar-refractivity contribution in [2.45, 2.75) is 31.7 Å². The van der Waals surface area contributed by atoms with E-state index in [1.54, 1.807) is 0 Å². The molecular weight excluding hydrogens is 301 g/mol. The topological polar surface area (TPSA) is 54.0 Å². The van der Waals surface area contributed by atoms with Crippen molar-refractivity contribution < 1.29 is 9.18 Å². The smallest absolute Gasteiger partial charge is 0.220 e. The lowest BCUT2D eigenvalue weighted by Crippen LogP contribution is -2.25. The van der Waals surface area contributed by atoms with E-state index in [1.807, 2.05) is 0 Å². The maximum atomic E-state index is 13.4. The zero-order chi connectivity index (χ0) is 13.0. The van der Waals surface area contributed by atoms with Crippen LogP contribution >= 0.6 is 15.9 Å². The molecular formula is C12H15BrFN3O. The minimum Gasteiger partial charge on any atom is -0.368 e. The molecule has 0 radical (unpaired) electrons. The highest BCUT2D eigenvalue weighted by Crippen LogP contribution is 2.19. The molecule has 0 aliphatic heterocycles. The SMILES string of the molecule is O=C(CCCNc1ncc(Br)cc1F)NC1CC1. The number of carbonyl (C=O) groups is 1. The van der Waals surface area contributed by atoms with Gasteiger partial charge < -0.3 is 10.6 Å². The normalized spacial score (nSPS) is 14.3. The van der Waals surface area contributed by atoms with E-state index < -0.39 is 5.82 Å². The lowest BCUT2D eigenvalue weighted by Gasteiger charge is -2.07. The Kier molecular flexibility index (Phi) is 4.52. The molecule has 4 nitrogen and oxygen atoms in total. The fourth-order valence-corrected chi connectivity index (χ4v) is 1.83. The van der Waals surface area contributed by atoms with Gasteiger partial charge in [0.25, 0.3) is 0 Å². The quantitative estimate of drug-likeness (QED) is 0.793. The van der Waals surface area contributed by atoms with Gasteiger partial charge in [-0.05, 0) is 41.3 Å². The van der Waals surface area contributed by atoms with Gasteiger partial charge in [0, 0.05) is 29.7 Å². The fourth-order valence-electron chi connectivity index (χ4n) is 1.53. The van der Waals surface area contributed by atoms with E-state index >= 15 is 0 Å². The number of nitrogens with zero attached hydrogens (tertiary/aromatic N) is 1. The van der Waals surface area contributed by atoms with Crippen LogP contribution < -0.4 is 10.6 Å². The molecule has 1 aliphatic rings. The van der Waals surface area contributed by atoms with Gasteiger partial charge in [-0.2, -0.15) is 0 Å². The van der Waals surface area contributed by atoms with Crippen LogP contribution in [-0.4, -0.2) is 23.5 Å². The molecule has 0 aromatic carbocycles. The summed E-state index contributed by atoms with van der Waals surface area (Å²) in [6.45, 7) is 0.531. The summed E-state index contributed by atoms with van der Waals surface area (Å²) >= 11 is 3.14. The third-order valence-electron chi connectivity index (χ3n) is 2.62. The minimum absolute atomic E-state index is 0.0727. The van der Waals surface area contributed by atoms with Crippen molar-refractivity contribution >= 4 is 27.7 Å². The Labute approximate surface area is 113 Å². The summed E-state index contributed by atoms with van der Waals surface area (Å²) < 4.78 is 14.0. The van der Waals surface area contributed by atoms with E-state index in [1.165, 1.54) is 12.3 Å². The number of anilines is 1. The van der Waals surface area contributed by atoms with Crippen LogP contribution in [0.15, 0.2) is 16.7 Å². The number of pyridine rings is 1. The van der Waals surface area contributed by atoms with Gasteiger partial charge >= 0.3 is 0 Å². The third kappa shape index (κ3) is 4.25. The van der Waals surface area contributed by atoms with E-state index in [-0.39, 0.29) is 11.7 Å². The van der Waals surface area contributed by atoms with Crippen LogP contribution in [0.2, 0.25) is 0 Å².